The lowest BCUT2D eigenvalue weighted by atomic mass is 9.95. The molecule has 1 saturated heterocycles. The normalized spacial score (nSPS) is 29.0. The Kier molecular flexibility index (Phi) is 5.63. The van der Waals surface area contributed by atoms with E-state index in [1.54, 1.807) is 0 Å². The molecule has 1 aliphatic carbocycles. The van der Waals surface area contributed by atoms with Gasteiger partial charge in [0.15, 0.2) is 0 Å². The third-order valence-corrected chi connectivity index (χ3v) is 4.59. The molecule has 1 aliphatic heterocycles. The number of aliphatic hydroxyl groups excluding tert-OH is 1. The van der Waals surface area contributed by atoms with Gasteiger partial charge in [-0.1, -0.05) is 19.3 Å². The minimum absolute atomic E-state index is 0.00308. The summed E-state index contributed by atoms with van der Waals surface area (Å²) in [6.45, 7) is 7.29. The van der Waals surface area contributed by atoms with Crippen LogP contribution in [0.15, 0.2) is 0 Å². The average Bonchev–Trinajstić information content (AvgIpc) is 2.45. The van der Waals surface area contributed by atoms with Gasteiger partial charge in [-0.25, -0.2) is 0 Å². The number of hydrogen-bond acceptors (Lipinski definition) is 4. The van der Waals surface area contributed by atoms with Crippen molar-refractivity contribution in [3.63, 3.8) is 0 Å². The van der Waals surface area contributed by atoms with Crippen LogP contribution in [0.4, 0.5) is 0 Å². The number of morpholine rings is 1. The van der Waals surface area contributed by atoms with Crippen LogP contribution >= 0.6 is 0 Å². The van der Waals surface area contributed by atoms with Gasteiger partial charge in [0.05, 0.1) is 24.4 Å². The van der Waals surface area contributed by atoms with Gasteiger partial charge < -0.3 is 15.2 Å². The van der Waals surface area contributed by atoms with Crippen LogP contribution in [0, 0.1) is 0 Å². The first-order valence-corrected chi connectivity index (χ1v) is 8.24. The third kappa shape index (κ3) is 4.66. The molecule has 1 saturated carbocycles. The molecular formula is C16H30N2O3. The van der Waals surface area contributed by atoms with Crippen LogP contribution in [-0.2, 0) is 9.53 Å². The van der Waals surface area contributed by atoms with Crippen LogP contribution in [0.2, 0.25) is 0 Å². The monoisotopic (exact) mass is 298 g/mol. The van der Waals surface area contributed by atoms with E-state index in [4.69, 9.17) is 4.74 Å². The Bertz CT molecular complexity index is 353. The molecule has 0 aromatic carbocycles. The predicted octanol–water partition coefficient (Wildman–Crippen LogP) is 1.30. The Morgan fingerprint density at radius 3 is 2.67 bits per heavy atom. The standard InChI is InChI=1S/C16H30N2O3/c1-12(15(20)17-13-7-5-4-6-8-13)18-9-14(10-19)21-16(2,3)11-18/h12-14,19H,4-11H2,1-3H3,(H,17,20). The van der Waals surface area contributed by atoms with Crippen LogP contribution < -0.4 is 5.32 Å². The van der Waals surface area contributed by atoms with Crippen molar-refractivity contribution in [3.8, 4) is 0 Å². The van der Waals surface area contributed by atoms with Gasteiger partial charge in [0.1, 0.15) is 0 Å². The van der Waals surface area contributed by atoms with Crippen molar-refractivity contribution in [2.75, 3.05) is 19.7 Å². The Labute approximate surface area is 128 Å². The van der Waals surface area contributed by atoms with Gasteiger partial charge in [0.25, 0.3) is 0 Å². The molecule has 2 unspecified atom stereocenters. The summed E-state index contributed by atoms with van der Waals surface area (Å²) in [4.78, 5) is 14.6. The second kappa shape index (κ2) is 7.07. The van der Waals surface area contributed by atoms with Gasteiger partial charge in [-0.3, -0.25) is 9.69 Å². The summed E-state index contributed by atoms with van der Waals surface area (Å²) in [5.41, 5.74) is -0.328. The maximum absolute atomic E-state index is 12.5. The maximum Gasteiger partial charge on any atom is 0.237 e. The van der Waals surface area contributed by atoms with Crippen LogP contribution in [0.3, 0.4) is 0 Å². The lowest BCUT2D eigenvalue weighted by Crippen LogP contribution is -2.59. The second-order valence-electron chi connectivity index (χ2n) is 7.13. The first-order valence-electron chi connectivity index (χ1n) is 8.24. The number of nitrogens with zero attached hydrogens (tertiary/aromatic N) is 1. The van der Waals surface area contributed by atoms with Crippen molar-refractivity contribution in [2.24, 2.45) is 0 Å². The highest BCUT2D eigenvalue weighted by Crippen LogP contribution is 2.23. The van der Waals surface area contributed by atoms with Crippen molar-refractivity contribution in [2.45, 2.75) is 76.7 Å². The van der Waals surface area contributed by atoms with E-state index in [2.05, 4.69) is 10.2 Å². The Morgan fingerprint density at radius 1 is 1.38 bits per heavy atom. The molecule has 21 heavy (non-hydrogen) atoms. The van der Waals surface area contributed by atoms with E-state index >= 15 is 0 Å². The molecule has 0 spiro atoms. The quantitative estimate of drug-likeness (QED) is 0.821. The summed E-state index contributed by atoms with van der Waals surface area (Å²) in [6, 6.07) is 0.167. The van der Waals surface area contributed by atoms with Crippen LogP contribution in [0.5, 0.6) is 0 Å². The molecule has 5 heteroatoms. The number of nitrogens with one attached hydrogen (secondary N) is 1. The van der Waals surface area contributed by atoms with Crippen molar-refractivity contribution in [1.82, 2.24) is 10.2 Å². The third-order valence-electron chi connectivity index (χ3n) is 4.59. The van der Waals surface area contributed by atoms with Crippen LogP contribution in [0.25, 0.3) is 0 Å². The van der Waals surface area contributed by atoms with Gasteiger partial charge in [-0.05, 0) is 33.6 Å². The SMILES string of the molecule is CC(C(=O)NC1CCCCC1)N1CC(CO)OC(C)(C)C1. The summed E-state index contributed by atoms with van der Waals surface area (Å²) in [6.07, 6.45) is 5.72. The Hall–Kier alpha value is -0.650. The molecule has 0 aromatic rings. The largest absolute Gasteiger partial charge is 0.394 e. The Balaban J connectivity index is 1.91. The van der Waals surface area contributed by atoms with Crippen molar-refractivity contribution >= 4 is 5.91 Å². The minimum Gasteiger partial charge on any atom is -0.394 e. The van der Waals surface area contributed by atoms with Gasteiger partial charge in [-0.2, -0.15) is 0 Å². The van der Waals surface area contributed by atoms with Gasteiger partial charge in [0, 0.05) is 19.1 Å². The van der Waals surface area contributed by atoms with Crippen LogP contribution in [0.1, 0.15) is 52.9 Å². The van der Waals surface area contributed by atoms with E-state index in [-0.39, 0.29) is 30.3 Å². The number of aliphatic hydroxyl groups is 1. The molecule has 2 rings (SSSR count). The van der Waals surface area contributed by atoms with E-state index in [0.29, 0.717) is 19.1 Å². The van der Waals surface area contributed by atoms with Crippen molar-refractivity contribution in [1.29, 1.82) is 0 Å². The molecular weight excluding hydrogens is 268 g/mol. The number of amides is 1. The van der Waals surface area contributed by atoms with E-state index in [0.717, 1.165) is 12.8 Å². The van der Waals surface area contributed by atoms with E-state index in [9.17, 15) is 9.90 Å². The lowest BCUT2D eigenvalue weighted by molar-refractivity contribution is -0.161. The first-order chi connectivity index (χ1) is 9.91. The summed E-state index contributed by atoms with van der Waals surface area (Å²) in [5.74, 6) is 0.108. The molecule has 2 aliphatic rings. The summed E-state index contributed by atoms with van der Waals surface area (Å²) in [7, 11) is 0. The highest BCUT2D eigenvalue weighted by atomic mass is 16.5. The molecule has 2 atom stereocenters. The first kappa shape index (κ1) is 16.7. The highest BCUT2D eigenvalue weighted by Gasteiger charge is 2.37. The van der Waals surface area contributed by atoms with E-state index in [1.807, 2.05) is 20.8 Å². The molecule has 5 nitrogen and oxygen atoms in total. The molecule has 1 amide bonds. The van der Waals surface area contributed by atoms with E-state index < -0.39 is 0 Å². The fourth-order valence-corrected chi connectivity index (χ4v) is 3.47. The predicted molar refractivity (Wildman–Crippen MR) is 82.1 cm³/mol. The molecule has 0 bridgehead atoms. The second-order valence-corrected chi connectivity index (χ2v) is 7.13. The fraction of sp³-hybridized carbons (Fsp3) is 0.938. The van der Waals surface area contributed by atoms with Crippen molar-refractivity contribution in [3.05, 3.63) is 0 Å². The number of hydrogen-bond donors (Lipinski definition) is 2. The van der Waals surface area contributed by atoms with Gasteiger partial charge >= 0.3 is 0 Å². The number of ether oxygens (including phenoxy) is 1. The smallest absolute Gasteiger partial charge is 0.237 e. The zero-order valence-electron chi connectivity index (χ0n) is 13.6. The maximum atomic E-state index is 12.5. The molecule has 122 valence electrons. The topological polar surface area (TPSA) is 61.8 Å². The highest BCUT2D eigenvalue weighted by molar-refractivity contribution is 5.81. The summed E-state index contributed by atoms with van der Waals surface area (Å²) >= 11 is 0. The van der Waals surface area contributed by atoms with Crippen LogP contribution in [-0.4, -0.2) is 59.4 Å². The zero-order valence-corrected chi connectivity index (χ0v) is 13.6. The fourth-order valence-electron chi connectivity index (χ4n) is 3.47. The summed E-state index contributed by atoms with van der Waals surface area (Å²) < 4.78 is 5.81. The molecule has 1 heterocycles. The Morgan fingerprint density at radius 2 is 2.05 bits per heavy atom. The minimum atomic E-state index is -0.328. The zero-order chi connectivity index (χ0) is 15.5. The van der Waals surface area contributed by atoms with Gasteiger partial charge in [-0.15, -0.1) is 0 Å². The molecule has 2 N–H and O–H groups in total. The number of carbonyl (C=O) groups excluding carboxylic acids is 1. The lowest BCUT2D eigenvalue weighted by Gasteiger charge is -2.44. The number of carbonyl (C=O) groups is 1. The molecule has 2 fully saturated rings. The van der Waals surface area contributed by atoms with E-state index in [1.165, 1.54) is 19.3 Å². The molecule has 0 aromatic heterocycles. The van der Waals surface area contributed by atoms with Gasteiger partial charge in [0.2, 0.25) is 5.91 Å². The number of rotatable bonds is 4. The average molecular weight is 298 g/mol. The van der Waals surface area contributed by atoms with Crippen molar-refractivity contribution < 1.29 is 14.6 Å². The summed E-state index contributed by atoms with van der Waals surface area (Å²) in [5, 5.41) is 12.6. The molecule has 0 radical (unpaired) electrons.